The highest BCUT2D eigenvalue weighted by atomic mass is 16.5. The van der Waals surface area contributed by atoms with E-state index in [4.69, 9.17) is 4.74 Å². The van der Waals surface area contributed by atoms with Gasteiger partial charge in [-0.3, -0.25) is 9.59 Å². The number of H-pyrrole nitrogens is 1. The van der Waals surface area contributed by atoms with Gasteiger partial charge < -0.3 is 19.5 Å². The molecule has 2 aliphatic rings. The number of likely N-dealkylation sites (tertiary alicyclic amines) is 1. The lowest BCUT2D eigenvalue weighted by Crippen LogP contribution is -2.48. The SMILES string of the molecule is COC(=O)N1CCCC(C(=O)N2CCc3c(nc[nH]c3=O)C2)C1. The molecule has 23 heavy (non-hydrogen) atoms. The van der Waals surface area contributed by atoms with Crippen LogP contribution in [0.15, 0.2) is 11.1 Å². The maximum Gasteiger partial charge on any atom is 0.409 e. The zero-order valence-electron chi connectivity index (χ0n) is 13.1. The van der Waals surface area contributed by atoms with Crippen molar-refractivity contribution >= 4 is 12.0 Å². The summed E-state index contributed by atoms with van der Waals surface area (Å²) in [6.07, 6.45) is 3.04. The molecular formula is C15H20N4O4. The third-order valence-electron chi connectivity index (χ3n) is 4.53. The number of carbonyl (C=O) groups is 2. The number of piperidine rings is 1. The number of rotatable bonds is 1. The lowest BCUT2D eigenvalue weighted by Gasteiger charge is -2.35. The van der Waals surface area contributed by atoms with Gasteiger partial charge in [0.25, 0.3) is 5.56 Å². The van der Waals surface area contributed by atoms with Gasteiger partial charge in [0.05, 0.1) is 31.6 Å². The minimum Gasteiger partial charge on any atom is -0.453 e. The van der Waals surface area contributed by atoms with E-state index in [0.29, 0.717) is 43.9 Å². The number of methoxy groups -OCH3 is 1. The van der Waals surface area contributed by atoms with Crippen molar-refractivity contribution in [3.8, 4) is 0 Å². The highest BCUT2D eigenvalue weighted by molar-refractivity contribution is 5.80. The Labute approximate surface area is 133 Å². The van der Waals surface area contributed by atoms with Crippen molar-refractivity contribution in [1.29, 1.82) is 0 Å². The zero-order valence-corrected chi connectivity index (χ0v) is 13.1. The molecule has 2 aliphatic heterocycles. The number of fused-ring (bicyclic) bond motifs is 1. The van der Waals surface area contributed by atoms with Crippen molar-refractivity contribution < 1.29 is 14.3 Å². The third-order valence-corrected chi connectivity index (χ3v) is 4.53. The van der Waals surface area contributed by atoms with E-state index in [1.165, 1.54) is 13.4 Å². The Morgan fingerprint density at radius 3 is 2.96 bits per heavy atom. The molecule has 3 heterocycles. The maximum atomic E-state index is 12.7. The first kappa shape index (κ1) is 15.5. The highest BCUT2D eigenvalue weighted by Crippen LogP contribution is 2.22. The molecule has 0 saturated carbocycles. The van der Waals surface area contributed by atoms with Gasteiger partial charge in [0.2, 0.25) is 5.91 Å². The third kappa shape index (κ3) is 3.06. The molecule has 1 saturated heterocycles. The Morgan fingerprint density at radius 2 is 2.17 bits per heavy atom. The summed E-state index contributed by atoms with van der Waals surface area (Å²) in [5.74, 6) is -0.197. The van der Waals surface area contributed by atoms with Crippen LogP contribution in [0.3, 0.4) is 0 Å². The standard InChI is InChI=1S/C15H20N4O4/c1-23-15(22)19-5-2-3-10(7-19)14(21)18-6-4-11-12(8-18)16-9-17-13(11)20/h9-10H,2-8H2,1H3,(H,16,17,20). The number of ether oxygens (including phenoxy) is 1. The number of amides is 2. The number of aromatic nitrogens is 2. The first-order valence-corrected chi connectivity index (χ1v) is 7.77. The molecule has 1 N–H and O–H groups in total. The van der Waals surface area contributed by atoms with Crippen LogP contribution >= 0.6 is 0 Å². The van der Waals surface area contributed by atoms with Crippen LogP contribution in [-0.4, -0.2) is 58.5 Å². The van der Waals surface area contributed by atoms with E-state index in [1.807, 2.05) is 0 Å². The first-order valence-electron chi connectivity index (χ1n) is 7.77. The Bertz CT molecular complexity index is 672. The Morgan fingerprint density at radius 1 is 1.35 bits per heavy atom. The molecule has 1 atom stereocenters. The summed E-state index contributed by atoms with van der Waals surface area (Å²) < 4.78 is 4.74. The number of aromatic amines is 1. The van der Waals surface area contributed by atoms with Crippen LogP contribution in [0.2, 0.25) is 0 Å². The Kier molecular flexibility index (Phi) is 4.31. The molecule has 3 rings (SSSR count). The van der Waals surface area contributed by atoms with Gasteiger partial charge in [-0.05, 0) is 19.3 Å². The van der Waals surface area contributed by atoms with Crippen molar-refractivity contribution in [1.82, 2.24) is 19.8 Å². The minimum absolute atomic E-state index is 0.0198. The van der Waals surface area contributed by atoms with Crippen molar-refractivity contribution in [2.24, 2.45) is 5.92 Å². The molecule has 0 aromatic carbocycles. The normalized spacial score (nSPS) is 20.8. The molecule has 0 spiro atoms. The van der Waals surface area contributed by atoms with Gasteiger partial charge >= 0.3 is 6.09 Å². The Balaban J connectivity index is 1.69. The zero-order chi connectivity index (χ0) is 16.4. The van der Waals surface area contributed by atoms with E-state index in [0.717, 1.165) is 12.8 Å². The second-order valence-corrected chi connectivity index (χ2v) is 5.92. The average molecular weight is 320 g/mol. The number of carbonyl (C=O) groups excluding carboxylic acids is 2. The maximum absolute atomic E-state index is 12.7. The van der Waals surface area contributed by atoms with Crippen molar-refractivity contribution in [3.63, 3.8) is 0 Å². The number of hydrogen-bond acceptors (Lipinski definition) is 5. The molecule has 1 fully saturated rings. The molecule has 124 valence electrons. The summed E-state index contributed by atoms with van der Waals surface area (Å²) >= 11 is 0. The van der Waals surface area contributed by atoms with Crippen LogP contribution < -0.4 is 5.56 Å². The topological polar surface area (TPSA) is 95.6 Å². The van der Waals surface area contributed by atoms with Crippen LogP contribution in [0.5, 0.6) is 0 Å². The van der Waals surface area contributed by atoms with Gasteiger partial charge in [-0.25, -0.2) is 9.78 Å². The summed E-state index contributed by atoms with van der Waals surface area (Å²) in [4.78, 5) is 46.2. The van der Waals surface area contributed by atoms with E-state index in [9.17, 15) is 14.4 Å². The molecule has 0 aliphatic carbocycles. The average Bonchev–Trinajstić information content (AvgIpc) is 2.60. The summed E-state index contributed by atoms with van der Waals surface area (Å²) in [7, 11) is 1.35. The van der Waals surface area contributed by atoms with Crippen molar-refractivity contribution in [2.75, 3.05) is 26.7 Å². The second kappa shape index (κ2) is 6.39. The molecule has 0 bridgehead atoms. The van der Waals surface area contributed by atoms with E-state index in [2.05, 4.69) is 9.97 Å². The first-order chi connectivity index (χ1) is 11.1. The van der Waals surface area contributed by atoms with Crippen molar-refractivity contribution in [3.05, 3.63) is 27.9 Å². The predicted molar refractivity (Wildman–Crippen MR) is 80.7 cm³/mol. The molecule has 0 radical (unpaired) electrons. The molecule has 1 aromatic rings. The fraction of sp³-hybridized carbons (Fsp3) is 0.600. The van der Waals surface area contributed by atoms with E-state index >= 15 is 0 Å². The summed E-state index contributed by atoms with van der Waals surface area (Å²) in [5.41, 5.74) is 1.20. The quantitative estimate of drug-likeness (QED) is 0.794. The molecule has 8 nitrogen and oxygen atoms in total. The summed E-state index contributed by atoms with van der Waals surface area (Å²) in [5, 5.41) is 0. The Hall–Kier alpha value is -2.38. The van der Waals surface area contributed by atoms with E-state index < -0.39 is 0 Å². The van der Waals surface area contributed by atoms with Gasteiger partial charge in [-0.1, -0.05) is 0 Å². The van der Waals surface area contributed by atoms with Crippen molar-refractivity contribution in [2.45, 2.75) is 25.8 Å². The molecular weight excluding hydrogens is 300 g/mol. The molecule has 8 heteroatoms. The largest absolute Gasteiger partial charge is 0.453 e. The van der Waals surface area contributed by atoms with Crippen LogP contribution in [0.25, 0.3) is 0 Å². The van der Waals surface area contributed by atoms with Gasteiger partial charge in [-0.2, -0.15) is 0 Å². The lowest BCUT2D eigenvalue weighted by molar-refractivity contribution is -0.138. The number of nitrogens with one attached hydrogen (secondary N) is 1. The molecule has 2 amide bonds. The monoisotopic (exact) mass is 320 g/mol. The fourth-order valence-electron chi connectivity index (χ4n) is 3.29. The summed E-state index contributed by atoms with van der Waals surface area (Å²) in [6, 6.07) is 0. The summed E-state index contributed by atoms with van der Waals surface area (Å²) in [6.45, 7) is 1.87. The van der Waals surface area contributed by atoms with Gasteiger partial charge in [0.15, 0.2) is 0 Å². The number of nitrogens with zero attached hydrogens (tertiary/aromatic N) is 3. The smallest absolute Gasteiger partial charge is 0.409 e. The fourth-order valence-corrected chi connectivity index (χ4v) is 3.29. The van der Waals surface area contributed by atoms with Crippen LogP contribution in [0.4, 0.5) is 4.79 Å². The van der Waals surface area contributed by atoms with Crippen LogP contribution in [0, 0.1) is 5.92 Å². The number of hydrogen-bond donors (Lipinski definition) is 1. The van der Waals surface area contributed by atoms with Gasteiger partial charge in [-0.15, -0.1) is 0 Å². The molecule has 1 unspecified atom stereocenters. The van der Waals surface area contributed by atoms with Gasteiger partial charge in [0.1, 0.15) is 0 Å². The van der Waals surface area contributed by atoms with Gasteiger partial charge in [0, 0.05) is 25.2 Å². The second-order valence-electron chi connectivity index (χ2n) is 5.92. The van der Waals surface area contributed by atoms with E-state index in [-0.39, 0.29) is 23.5 Å². The highest BCUT2D eigenvalue weighted by Gasteiger charge is 2.33. The van der Waals surface area contributed by atoms with E-state index in [1.54, 1.807) is 9.80 Å². The molecule has 1 aromatic heterocycles. The predicted octanol–water partition coefficient (Wildman–Crippen LogP) is 0.133. The van der Waals surface area contributed by atoms with Crippen LogP contribution in [0.1, 0.15) is 24.1 Å². The minimum atomic E-state index is -0.389. The van der Waals surface area contributed by atoms with Crippen LogP contribution in [-0.2, 0) is 22.5 Å². The lowest BCUT2D eigenvalue weighted by atomic mass is 9.95.